The second kappa shape index (κ2) is 7.07. The summed E-state index contributed by atoms with van der Waals surface area (Å²) in [5.41, 5.74) is 0. The van der Waals surface area contributed by atoms with Gasteiger partial charge in [-0.15, -0.1) is 12.4 Å². The fraction of sp³-hybridized carbons (Fsp3) is 0.900. The Labute approximate surface area is 92.0 Å². The van der Waals surface area contributed by atoms with Crippen LogP contribution in [0, 0.1) is 11.8 Å². The summed E-state index contributed by atoms with van der Waals surface area (Å²) in [4.78, 5) is 11.4. The summed E-state index contributed by atoms with van der Waals surface area (Å²) < 4.78 is 5.00. The van der Waals surface area contributed by atoms with Crippen molar-refractivity contribution in [2.24, 2.45) is 11.8 Å². The first-order chi connectivity index (χ1) is 6.25. The molecule has 0 aromatic rings. The van der Waals surface area contributed by atoms with E-state index in [0.717, 1.165) is 25.9 Å². The minimum absolute atomic E-state index is 0. The number of ether oxygens (including phenoxy) is 1. The summed E-state index contributed by atoms with van der Waals surface area (Å²) in [6.45, 7) is 6.40. The number of piperidine rings is 1. The molecule has 1 atom stereocenters. The first kappa shape index (κ1) is 13.7. The van der Waals surface area contributed by atoms with E-state index in [-0.39, 0.29) is 24.3 Å². The summed E-state index contributed by atoms with van der Waals surface area (Å²) in [6.07, 6.45) is 2.19. The summed E-state index contributed by atoms with van der Waals surface area (Å²) in [7, 11) is 0. The van der Waals surface area contributed by atoms with E-state index in [2.05, 4.69) is 5.32 Å². The Balaban J connectivity index is 0.00000169. The predicted octanol–water partition coefficient (Wildman–Crippen LogP) is 1.61. The van der Waals surface area contributed by atoms with Crippen LogP contribution in [-0.2, 0) is 9.53 Å². The van der Waals surface area contributed by atoms with E-state index in [4.69, 9.17) is 4.74 Å². The van der Waals surface area contributed by atoms with Crippen molar-refractivity contribution in [2.75, 3.05) is 19.7 Å². The lowest BCUT2D eigenvalue weighted by Gasteiger charge is -2.26. The van der Waals surface area contributed by atoms with E-state index >= 15 is 0 Å². The maximum absolute atomic E-state index is 11.4. The first-order valence-electron chi connectivity index (χ1n) is 5.13. The van der Waals surface area contributed by atoms with Crippen LogP contribution < -0.4 is 5.32 Å². The number of rotatable bonds is 3. The molecule has 0 spiro atoms. The molecule has 1 saturated heterocycles. The highest BCUT2D eigenvalue weighted by Gasteiger charge is 2.26. The summed E-state index contributed by atoms with van der Waals surface area (Å²) in [6, 6.07) is 0. The van der Waals surface area contributed by atoms with E-state index < -0.39 is 0 Å². The SMILES string of the molecule is CCOC(=O)C(C)C1CCNCC1.Cl. The molecule has 3 nitrogen and oxygen atoms in total. The zero-order chi connectivity index (χ0) is 9.68. The fourth-order valence-corrected chi connectivity index (χ4v) is 1.81. The van der Waals surface area contributed by atoms with Gasteiger partial charge in [0, 0.05) is 0 Å². The number of halogens is 1. The zero-order valence-corrected chi connectivity index (χ0v) is 9.73. The Morgan fingerprint density at radius 1 is 1.50 bits per heavy atom. The minimum Gasteiger partial charge on any atom is -0.466 e. The molecule has 1 heterocycles. The molecule has 1 fully saturated rings. The molecule has 0 bridgehead atoms. The third-order valence-corrected chi connectivity index (χ3v) is 2.75. The van der Waals surface area contributed by atoms with E-state index in [1.165, 1.54) is 0 Å². The average molecular weight is 222 g/mol. The summed E-state index contributed by atoms with van der Waals surface area (Å²) >= 11 is 0. The minimum atomic E-state index is -0.0330. The van der Waals surface area contributed by atoms with Crippen molar-refractivity contribution in [1.82, 2.24) is 5.32 Å². The standard InChI is InChI=1S/C10H19NO2.ClH/c1-3-13-10(12)8(2)9-4-6-11-7-5-9;/h8-9,11H,3-7H2,1-2H3;1H. The van der Waals surface area contributed by atoms with Crippen LogP contribution in [0.4, 0.5) is 0 Å². The topological polar surface area (TPSA) is 38.3 Å². The second-order valence-corrected chi connectivity index (χ2v) is 3.63. The Bertz CT molecular complexity index is 170. The third-order valence-electron chi connectivity index (χ3n) is 2.75. The van der Waals surface area contributed by atoms with Gasteiger partial charge in [0.05, 0.1) is 12.5 Å². The van der Waals surface area contributed by atoms with Crippen molar-refractivity contribution >= 4 is 18.4 Å². The highest BCUT2D eigenvalue weighted by atomic mass is 35.5. The van der Waals surface area contributed by atoms with Gasteiger partial charge in [0.15, 0.2) is 0 Å². The molecule has 0 aromatic carbocycles. The molecule has 1 aliphatic heterocycles. The van der Waals surface area contributed by atoms with Crippen LogP contribution in [0.2, 0.25) is 0 Å². The molecule has 1 N–H and O–H groups in total. The maximum Gasteiger partial charge on any atom is 0.308 e. The van der Waals surface area contributed by atoms with Gasteiger partial charge in [0.1, 0.15) is 0 Å². The van der Waals surface area contributed by atoms with Crippen LogP contribution >= 0.6 is 12.4 Å². The second-order valence-electron chi connectivity index (χ2n) is 3.63. The van der Waals surface area contributed by atoms with Crippen molar-refractivity contribution in [3.63, 3.8) is 0 Å². The van der Waals surface area contributed by atoms with Crippen molar-refractivity contribution in [1.29, 1.82) is 0 Å². The summed E-state index contributed by atoms with van der Waals surface area (Å²) in [5, 5.41) is 3.29. The molecular weight excluding hydrogens is 202 g/mol. The van der Waals surface area contributed by atoms with Crippen molar-refractivity contribution in [2.45, 2.75) is 26.7 Å². The molecule has 0 aliphatic carbocycles. The van der Waals surface area contributed by atoms with Crippen molar-refractivity contribution in [3.8, 4) is 0 Å². The molecule has 1 unspecified atom stereocenters. The molecule has 0 radical (unpaired) electrons. The fourth-order valence-electron chi connectivity index (χ4n) is 1.81. The van der Waals surface area contributed by atoms with Gasteiger partial charge < -0.3 is 10.1 Å². The normalized spacial score (nSPS) is 19.6. The highest BCUT2D eigenvalue weighted by Crippen LogP contribution is 2.22. The van der Waals surface area contributed by atoms with Crippen LogP contribution in [0.5, 0.6) is 0 Å². The molecule has 1 rings (SSSR count). The van der Waals surface area contributed by atoms with E-state index in [1.807, 2.05) is 13.8 Å². The van der Waals surface area contributed by atoms with E-state index in [9.17, 15) is 4.79 Å². The number of esters is 1. The van der Waals surface area contributed by atoms with Crippen molar-refractivity contribution < 1.29 is 9.53 Å². The lowest BCUT2D eigenvalue weighted by atomic mass is 9.86. The Kier molecular flexibility index (Phi) is 6.93. The monoisotopic (exact) mass is 221 g/mol. The Morgan fingerprint density at radius 3 is 2.57 bits per heavy atom. The first-order valence-corrected chi connectivity index (χ1v) is 5.13. The Morgan fingerprint density at radius 2 is 2.07 bits per heavy atom. The smallest absolute Gasteiger partial charge is 0.308 e. The van der Waals surface area contributed by atoms with E-state index in [1.54, 1.807) is 0 Å². The van der Waals surface area contributed by atoms with Crippen LogP contribution in [0.25, 0.3) is 0 Å². The van der Waals surface area contributed by atoms with Gasteiger partial charge in [-0.3, -0.25) is 4.79 Å². The average Bonchev–Trinajstić information content (AvgIpc) is 2.18. The molecule has 4 heteroatoms. The third kappa shape index (κ3) is 3.84. The molecule has 0 saturated carbocycles. The molecule has 84 valence electrons. The molecule has 0 amide bonds. The zero-order valence-electron chi connectivity index (χ0n) is 8.91. The van der Waals surface area contributed by atoms with Gasteiger partial charge in [0.2, 0.25) is 0 Å². The highest BCUT2D eigenvalue weighted by molar-refractivity contribution is 5.85. The summed E-state index contributed by atoms with van der Waals surface area (Å²) in [5.74, 6) is 0.553. The van der Waals surface area contributed by atoms with Crippen molar-refractivity contribution in [3.05, 3.63) is 0 Å². The van der Waals surface area contributed by atoms with Gasteiger partial charge in [-0.2, -0.15) is 0 Å². The number of hydrogen-bond acceptors (Lipinski definition) is 3. The lowest BCUT2D eigenvalue weighted by Crippen LogP contribution is -2.34. The lowest BCUT2D eigenvalue weighted by molar-refractivity contribution is -0.149. The molecule has 14 heavy (non-hydrogen) atoms. The number of carbonyl (C=O) groups excluding carboxylic acids is 1. The number of carbonyl (C=O) groups is 1. The van der Waals surface area contributed by atoms with Gasteiger partial charge in [0.25, 0.3) is 0 Å². The predicted molar refractivity (Wildman–Crippen MR) is 58.6 cm³/mol. The maximum atomic E-state index is 11.4. The van der Waals surface area contributed by atoms with Gasteiger partial charge in [-0.25, -0.2) is 0 Å². The van der Waals surface area contributed by atoms with Crippen LogP contribution in [0.1, 0.15) is 26.7 Å². The molecular formula is C10H20ClNO2. The van der Waals surface area contributed by atoms with Crippen LogP contribution in [-0.4, -0.2) is 25.7 Å². The van der Waals surface area contributed by atoms with Gasteiger partial charge >= 0.3 is 5.97 Å². The molecule has 0 aromatic heterocycles. The number of nitrogens with one attached hydrogen (secondary N) is 1. The number of hydrogen-bond donors (Lipinski definition) is 1. The van der Waals surface area contributed by atoms with Gasteiger partial charge in [-0.05, 0) is 38.8 Å². The van der Waals surface area contributed by atoms with E-state index in [0.29, 0.717) is 12.5 Å². The quantitative estimate of drug-likeness (QED) is 0.736. The molecule has 1 aliphatic rings. The van der Waals surface area contributed by atoms with Gasteiger partial charge in [-0.1, -0.05) is 6.92 Å². The Hall–Kier alpha value is -0.280. The largest absolute Gasteiger partial charge is 0.466 e. The van der Waals surface area contributed by atoms with Crippen LogP contribution in [0.15, 0.2) is 0 Å². The van der Waals surface area contributed by atoms with Crippen LogP contribution in [0.3, 0.4) is 0 Å².